The molecule has 206 valence electrons. The molecule has 2 aliphatic rings. The van der Waals surface area contributed by atoms with E-state index in [0.29, 0.717) is 31.9 Å². The lowest BCUT2D eigenvalue weighted by molar-refractivity contribution is -0.141. The molecular weight excluding hydrogens is 497 g/mol. The number of para-hydroxylation sites is 1. The van der Waals surface area contributed by atoms with Crippen LogP contribution in [0, 0.1) is 5.82 Å². The molecule has 1 aromatic heterocycles. The Morgan fingerprint density at radius 2 is 1.90 bits per heavy atom. The molecule has 3 heterocycles. The highest BCUT2D eigenvalue weighted by Gasteiger charge is 2.38. The van der Waals surface area contributed by atoms with Crippen molar-refractivity contribution >= 4 is 28.4 Å². The average molecular weight is 534 g/mol. The first-order valence-electron chi connectivity index (χ1n) is 13.6. The summed E-state index contributed by atoms with van der Waals surface area (Å²) in [7, 11) is 0. The minimum Gasteiger partial charge on any atom is -0.459 e. The number of fused-ring (bicyclic) bond motifs is 3. The maximum atomic E-state index is 15.1. The summed E-state index contributed by atoms with van der Waals surface area (Å²) in [5.41, 5.74) is 3.00. The molecule has 39 heavy (non-hydrogen) atoms. The van der Waals surface area contributed by atoms with E-state index in [-0.39, 0.29) is 23.8 Å². The number of H-pyrrole nitrogens is 1. The lowest BCUT2D eigenvalue weighted by Gasteiger charge is -2.30. The van der Waals surface area contributed by atoms with Crippen LogP contribution in [0.15, 0.2) is 48.7 Å². The molecule has 1 unspecified atom stereocenters. The van der Waals surface area contributed by atoms with Crippen molar-refractivity contribution in [1.82, 2.24) is 14.8 Å². The zero-order valence-electron chi connectivity index (χ0n) is 23.1. The van der Waals surface area contributed by atoms with Crippen molar-refractivity contribution in [2.75, 3.05) is 32.8 Å². The lowest BCUT2D eigenvalue weighted by atomic mass is 9.81. The summed E-state index contributed by atoms with van der Waals surface area (Å²) < 4.78 is 26.3. The van der Waals surface area contributed by atoms with Gasteiger partial charge in [-0.2, -0.15) is 0 Å². The number of rotatable bonds is 6. The Morgan fingerprint density at radius 1 is 1.15 bits per heavy atom. The minimum atomic E-state index is -0.589. The van der Waals surface area contributed by atoms with E-state index >= 15 is 4.39 Å². The summed E-state index contributed by atoms with van der Waals surface area (Å²) in [6.45, 7) is 11.6. The fourth-order valence-electron chi connectivity index (χ4n) is 5.44. The molecule has 1 fully saturated rings. The molecule has 0 radical (unpaired) electrons. The van der Waals surface area contributed by atoms with Gasteiger partial charge in [0.25, 0.3) is 5.91 Å². The molecule has 2 aromatic carbocycles. The van der Waals surface area contributed by atoms with Crippen LogP contribution in [0.2, 0.25) is 0 Å². The molecule has 7 nitrogen and oxygen atoms in total. The number of aromatic nitrogens is 1. The molecule has 2 aliphatic heterocycles. The van der Waals surface area contributed by atoms with Crippen LogP contribution in [0.5, 0.6) is 0 Å². The number of carbonyl (C=O) groups excluding carboxylic acids is 2. The molecule has 1 amide bonds. The summed E-state index contributed by atoms with van der Waals surface area (Å²) in [4.78, 5) is 34.5. The number of aromatic amines is 1. The summed E-state index contributed by atoms with van der Waals surface area (Å²) in [6, 6.07) is 12.6. The molecule has 1 atom stereocenters. The molecule has 8 heteroatoms. The SMILES string of the molecule is CCC(C)OC(=O)C1=CN(C(=O)c2cc(CN3CCOCC3)ccc2F)CC(C)(C)c2c1[nH]c1ccccc21. The topological polar surface area (TPSA) is 74.9 Å². The van der Waals surface area contributed by atoms with Gasteiger partial charge in [0, 0.05) is 48.7 Å². The largest absolute Gasteiger partial charge is 0.459 e. The second-order valence-corrected chi connectivity index (χ2v) is 11.1. The molecule has 0 aliphatic carbocycles. The van der Waals surface area contributed by atoms with Crippen LogP contribution in [0.4, 0.5) is 4.39 Å². The maximum absolute atomic E-state index is 15.1. The third-order valence-electron chi connectivity index (χ3n) is 7.64. The van der Waals surface area contributed by atoms with Crippen LogP contribution in [0.3, 0.4) is 0 Å². The van der Waals surface area contributed by atoms with E-state index in [2.05, 4.69) is 9.88 Å². The normalized spacial score (nSPS) is 18.3. The summed E-state index contributed by atoms with van der Waals surface area (Å²) >= 11 is 0. The van der Waals surface area contributed by atoms with E-state index in [0.717, 1.165) is 35.1 Å². The number of nitrogens with one attached hydrogen (secondary N) is 1. The van der Waals surface area contributed by atoms with Crippen molar-refractivity contribution in [1.29, 1.82) is 0 Å². The number of nitrogens with zero attached hydrogens (tertiary/aromatic N) is 2. The smallest absolute Gasteiger partial charge is 0.342 e. The monoisotopic (exact) mass is 533 g/mol. The Kier molecular flexibility index (Phi) is 7.60. The van der Waals surface area contributed by atoms with Crippen molar-refractivity contribution in [2.24, 2.45) is 0 Å². The second kappa shape index (κ2) is 10.9. The van der Waals surface area contributed by atoms with Crippen LogP contribution >= 0.6 is 0 Å². The van der Waals surface area contributed by atoms with Crippen LogP contribution in [0.25, 0.3) is 16.5 Å². The fraction of sp³-hybridized carbons (Fsp3) is 0.419. The minimum absolute atomic E-state index is 0.0159. The second-order valence-electron chi connectivity index (χ2n) is 11.1. The van der Waals surface area contributed by atoms with Gasteiger partial charge in [0.05, 0.1) is 36.1 Å². The maximum Gasteiger partial charge on any atom is 0.342 e. The Bertz CT molecular complexity index is 1420. The van der Waals surface area contributed by atoms with Crippen LogP contribution in [-0.2, 0) is 26.2 Å². The van der Waals surface area contributed by atoms with Crippen molar-refractivity contribution in [2.45, 2.75) is 52.2 Å². The van der Waals surface area contributed by atoms with E-state index < -0.39 is 23.1 Å². The molecule has 1 N–H and O–H groups in total. The Labute approximate surface area is 228 Å². The van der Waals surface area contributed by atoms with E-state index in [1.54, 1.807) is 12.1 Å². The van der Waals surface area contributed by atoms with Crippen LogP contribution < -0.4 is 0 Å². The Hall–Kier alpha value is -3.49. The summed E-state index contributed by atoms with van der Waals surface area (Å²) in [5.74, 6) is -1.60. The number of hydrogen-bond acceptors (Lipinski definition) is 5. The van der Waals surface area contributed by atoms with Gasteiger partial charge in [-0.1, -0.05) is 45.0 Å². The molecule has 5 rings (SSSR count). The van der Waals surface area contributed by atoms with Crippen molar-refractivity contribution < 1.29 is 23.5 Å². The molecule has 0 spiro atoms. The summed E-state index contributed by atoms with van der Waals surface area (Å²) in [5, 5.41) is 0.979. The number of benzene rings is 2. The van der Waals surface area contributed by atoms with Gasteiger partial charge in [-0.15, -0.1) is 0 Å². The molecule has 0 bridgehead atoms. The Balaban J connectivity index is 1.56. The predicted molar refractivity (Wildman–Crippen MR) is 149 cm³/mol. The highest BCUT2D eigenvalue weighted by Crippen LogP contribution is 2.40. The van der Waals surface area contributed by atoms with Gasteiger partial charge in [0.15, 0.2) is 0 Å². The first-order chi connectivity index (χ1) is 18.7. The number of halogens is 1. The van der Waals surface area contributed by atoms with E-state index in [1.165, 1.54) is 17.2 Å². The number of esters is 1. The van der Waals surface area contributed by atoms with Gasteiger partial charge in [-0.3, -0.25) is 9.69 Å². The van der Waals surface area contributed by atoms with Crippen molar-refractivity contribution in [3.8, 4) is 0 Å². The first-order valence-corrected chi connectivity index (χ1v) is 13.6. The predicted octanol–water partition coefficient (Wildman–Crippen LogP) is 5.26. The van der Waals surface area contributed by atoms with Crippen molar-refractivity contribution in [3.63, 3.8) is 0 Å². The summed E-state index contributed by atoms with van der Waals surface area (Å²) in [6.07, 6.45) is 1.90. The molecule has 3 aromatic rings. The number of morpholine rings is 1. The zero-order valence-corrected chi connectivity index (χ0v) is 23.1. The average Bonchev–Trinajstić information content (AvgIpc) is 3.27. The molecule has 1 saturated heterocycles. The third kappa shape index (κ3) is 5.49. The quantitative estimate of drug-likeness (QED) is 0.438. The number of amides is 1. The lowest BCUT2D eigenvalue weighted by Crippen LogP contribution is -2.37. The van der Waals surface area contributed by atoms with Crippen molar-refractivity contribution in [3.05, 3.63) is 76.9 Å². The van der Waals surface area contributed by atoms with Gasteiger partial charge in [-0.25, -0.2) is 9.18 Å². The van der Waals surface area contributed by atoms with Gasteiger partial charge in [-0.05, 0) is 42.7 Å². The Morgan fingerprint density at radius 3 is 2.64 bits per heavy atom. The number of hydrogen-bond donors (Lipinski definition) is 1. The number of carbonyl (C=O) groups is 2. The molecular formula is C31H36FN3O4. The van der Waals surface area contributed by atoms with E-state index in [1.807, 2.05) is 52.0 Å². The van der Waals surface area contributed by atoms with Gasteiger partial charge in [0.1, 0.15) is 5.82 Å². The van der Waals surface area contributed by atoms with Gasteiger partial charge < -0.3 is 19.4 Å². The van der Waals surface area contributed by atoms with E-state index in [9.17, 15) is 9.59 Å². The third-order valence-corrected chi connectivity index (χ3v) is 7.64. The zero-order chi connectivity index (χ0) is 27.7. The van der Waals surface area contributed by atoms with Gasteiger partial charge in [0.2, 0.25) is 0 Å². The van der Waals surface area contributed by atoms with Crippen LogP contribution in [0.1, 0.15) is 61.3 Å². The van der Waals surface area contributed by atoms with Crippen LogP contribution in [-0.4, -0.2) is 65.6 Å². The standard InChI is InChI=1S/C31H36FN3O4/c1-5-20(2)39-30(37)24-18-35(19-31(3,4)27-22-8-6-7-9-26(22)33-28(24)27)29(36)23-16-21(10-11-25(23)32)17-34-12-14-38-15-13-34/h6-11,16,18,20,33H,5,12-15,17,19H2,1-4H3. The van der Waals surface area contributed by atoms with E-state index in [4.69, 9.17) is 9.47 Å². The fourth-order valence-corrected chi connectivity index (χ4v) is 5.44. The van der Waals surface area contributed by atoms with Gasteiger partial charge >= 0.3 is 5.97 Å². The highest BCUT2D eigenvalue weighted by atomic mass is 19.1. The first kappa shape index (κ1) is 27.1. The highest BCUT2D eigenvalue weighted by molar-refractivity contribution is 6.18. The molecule has 0 saturated carbocycles. The number of ether oxygens (including phenoxy) is 2.